The molecule has 4 heteroatoms. The summed E-state index contributed by atoms with van der Waals surface area (Å²) in [5, 5.41) is 9.08. The van der Waals surface area contributed by atoms with Gasteiger partial charge in [-0.1, -0.05) is 33.1 Å². The average Bonchev–Trinajstić information content (AvgIpc) is 2.79. The van der Waals surface area contributed by atoms with Crippen LogP contribution in [0.2, 0.25) is 0 Å². The van der Waals surface area contributed by atoms with Gasteiger partial charge >= 0.3 is 5.97 Å². The highest BCUT2D eigenvalue weighted by molar-refractivity contribution is 5.69. The van der Waals surface area contributed by atoms with Crippen LogP contribution in [0.3, 0.4) is 0 Å². The van der Waals surface area contributed by atoms with Gasteiger partial charge in [0, 0.05) is 6.42 Å². The van der Waals surface area contributed by atoms with E-state index in [0.717, 1.165) is 13.0 Å². The van der Waals surface area contributed by atoms with Crippen molar-refractivity contribution in [3.63, 3.8) is 0 Å². The Morgan fingerprint density at radius 2 is 2.00 bits per heavy atom. The van der Waals surface area contributed by atoms with Gasteiger partial charge in [0.25, 0.3) is 5.82 Å². The fraction of sp³-hybridized carbons (Fsp3) is 0.750. The van der Waals surface area contributed by atoms with E-state index in [1.54, 1.807) is 6.92 Å². The van der Waals surface area contributed by atoms with E-state index in [9.17, 15) is 4.79 Å². The van der Waals surface area contributed by atoms with Gasteiger partial charge in [0.15, 0.2) is 0 Å². The van der Waals surface area contributed by atoms with E-state index in [1.807, 2.05) is 6.20 Å². The number of unbranched alkanes of at least 4 members (excludes halogenated alkanes) is 3. The monoisotopic (exact) mass is 281 g/mol. The van der Waals surface area contributed by atoms with Crippen LogP contribution in [-0.4, -0.2) is 15.6 Å². The van der Waals surface area contributed by atoms with Gasteiger partial charge in [-0.25, -0.2) is 9.13 Å². The standard InChI is InChI=1S/C16H28N2O2/c1-4-6-8-9-15-17(10-7-5-2)11-12-18(15)13-14(3)16(19)20/h11-12,14H,4-10,13H2,1-3H3/p+1. The third-order valence-electron chi connectivity index (χ3n) is 3.74. The van der Waals surface area contributed by atoms with Crippen molar-refractivity contribution >= 4 is 5.97 Å². The lowest BCUT2D eigenvalue weighted by atomic mass is 10.1. The first-order valence-electron chi connectivity index (χ1n) is 7.90. The number of aryl methyl sites for hydroxylation is 1. The molecule has 1 atom stereocenters. The van der Waals surface area contributed by atoms with E-state index in [1.165, 1.54) is 37.9 Å². The van der Waals surface area contributed by atoms with Crippen molar-refractivity contribution < 1.29 is 14.5 Å². The van der Waals surface area contributed by atoms with E-state index < -0.39 is 5.97 Å². The molecule has 0 saturated carbocycles. The van der Waals surface area contributed by atoms with Crippen molar-refractivity contribution in [2.45, 2.75) is 72.4 Å². The summed E-state index contributed by atoms with van der Waals surface area (Å²) in [6.45, 7) is 7.77. The lowest BCUT2D eigenvalue weighted by Crippen LogP contribution is -2.42. The molecule has 20 heavy (non-hydrogen) atoms. The third-order valence-corrected chi connectivity index (χ3v) is 3.74. The molecule has 0 saturated heterocycles. The SMILES string of the molecule is CCCCCc1n(CCCC)cc[n+]1CC(C)C(=O)O. The number of hydrogen-bond acceptors (Lipinski definition) is 1. The first-order chi connectivity index (χ1) is 9.60. The highest BCUT2D eigenvalue weighted by atomic mass is 16.4. The number of aromatic nitrogens is 2. The van der Waals surface area contributed by atoms with Crippen LogP contribution in [0.4, 0.5) is 0 Å². The van der Waals surface area contributed by atoms with Crippen molar-refractivity contribution in [2.24, 2.45) is 5.92 Å². The number of carbonyl (C=O) groups is 1. The van der Waals surface area contributed by atoms with Gasteiger partial charge in [0.2, 0.25) is 0 Å². The molecule has 1 aromatic heterocycles. The molecule has 114 valence electrons. The number of aliphatic carboxylic acids is 1. The molecule has 1 rings (SSSR count). The largest absolute Gasteiger partial charge is 0.481 e. The van der Waals surface area contributed by atoms with Gasteiger partial charge in [-0.3, -0.25) is 4.79 Å². The summed E-state index contributed by atoms with van der Waals surface area (Å²) in [5.74, 6) is 0.213. The average molecular weight is 281 g/mol. The molecular formula is C16H29N2O2+. The second-order valence-electron chi connectivity index (χ2n) is 5.61. The fourth-order valence-corrected chi connectivity index (χ4v) is 2.39. The Morgan fingerprint density at radius 1 is 1.30 bits per heavy atom. The Balaban J connectivity index is 2.80. The third kappa shape index (κ3) is 4.99. The van der Waals surface area contributed by atoms with Gasteiger partial charge in [0.1, 0.15) is 18.9 Å². The zero-order valence-electron chi connectivity index (χ0n) is 13.1. The minimum absolute atomic E-state index is 0.341. The molecule has 0 radical (unpaired) electrons. The molecule has 4 nitrogen and oxygen atoms in total. The van der Waals surface area contributed by atoms with Crippen LogP contribution < -0.4 is 4.57 Å². The van der Waals surface area contributed by atoms with Crippen LogP contribution >= 0.6 is 0 Å². The predicted molar refractivity (Wildman–Crippen MR) is 79.6 cm³/mol. The molecule has 0 bridgehead atoms. The summed E-state index contributed by atoms with van der Waals surface area (Å²) in [4.78, 5) is 11.0. The minimum Gasteiger partial charge on any atom is -0.481 e. The van der Waals surface area contributed by atoms with Crippen molar-refractivity contribution in [3.05, 3.63) is 18.2 Å². The molecule has 1 unspecified atom stereocenters. The summed E-state index contributed by atoms with van der Waals surface area (Å²) in [6, 6.07) is 0. The highest BCUT2D eigenvalue weighted by Crippen LogP contribution is 2.07. The lowest BCUT2D eigenvalue weighted by Gasteiger charge is -2.07. The van der Waals surface area contributed by atoms with Gasteiger partial charge < -0.3 is 5.11 Å². The second-order valence-corrected chi connectivity index (χ2v) is 5.61. The minimum atomic E-state index is -0.724. The van der Waals surface area contributed by atoms with Gasteiger partial charge in [-0.2, -0.15) is 0 Å². The van der Waals surface area contributed by atoms with Crippen LogP contribution in [0, 0.1) is 5.92 Å². The number of hydrogen-bond donors (Lipinski definition) is 1. The number of rotatable bonds is 10. The Labute approximate surface area is 122 Å². The van der Waals surface area contributed by atoms with Gasteiger partial charge in [0.05, 0.1) is 12.5 Å². The maximum atomic E-state index is 11.0. The first-order valence-corrected chi connectivity index (χ1v) is 7.90. The highest BCUT2D eigenvalue weighted by Gasteiger charge is 2.21. The van der Waals surface area contributed by atoms with Crippen molar-refractivity contribution in [1.82, 2.24) is 4.57 Å². The quantitative estimate of drug-likeness (QED) is 0.529. The van der Waals surface area contributed by atoms with E-state index >= 15 is 0 Å². The molecule has 0 aliphatic carbocycles. The topological polar surface area (TPSA) is 46.1 Å². The van der Waals surface area contributed by atoms with Gasteiger partial charge in [-0.05, 0) is 19.8 Å². The van der Waals surface area contributed by atoms with Crippen LogP contribution in [0.1, 0.15) is 58.7 Å². The first kappa shape index (κ1) is 16.7. The van der Waals surface area contributed by atoms with Crippen LogP contribution in [-0.2, 0) is 24.3 Å². The molecular weight excluding hydrogens is 252 g/mol. The van der Waals surface area contributed by atoms with E-state index in [0.29, 0.717) is 6.54 Å². The number of imidazole rings is 1. The maximum Gasteiger partial charge on any atom is 0.310 e. The summed E-state index contributed by atoms with van der Waals surface area (Å²) < 4.78 is 4.43. The van der Waals surface area contributed by atoms with Crippen LogP contribution in [0.5, 0.6) is 0 Å². The molecule has 1 N–H and O–H groups in total. The Hall–Kier alpha value is -1.32. The Bertz CT molecular complexity index is 413. The molecule has 0 aliphatic rings. The summed E-state index contributed by atoms with van der Waals surface area (Å²) in [7, 11) is 0. The molecule has 0 aromatic carbocycles. The summed E-state index contributed by atoms with van der Waals surface area (Å²) >= 11 is 0. The predicted octanol–water partition coefficient (Wildman–Crippen LogP) is 3.03. The smallest absolute Gasteiger partial charge is 0.310 e. The number of carboxylic acid groups (broad SMARTS) is 1. The molecule has 1 aromatic rings. The van der Waals surface area contributed by atoms with Crippen molar-refractivity contribution in [1.29, 1.82) is 0 Å². The maximum absolute atomic E-state index is 11.0. The molecule has 0 spiro atoms. The molecule has 0 aliphatic heterocycles. The van der Waals surface area contributed by atoms with Gasteiger partial charge in [-0.15, -0.1) is 0 Å². The molecule has 0 amide bonds. The summed E-state index contributed by atoms with van der Waals surface area (Å²) in [6.07, 6.45) is 11.1. The van der Waals surface area contributed by atoms with Crippen LogP contribution in [0.15, 0.2) is 12.4 Å². The number of nitrogens with zero attached hydrogens (tertiary/aromatic N) is 2. The lowest BCUT2D eigenvalue weighted by molar-refractivity contribution is -0.707. The van der Waals surface area contributed by atoms with Crippen molar-refractivity contribution in [3.8, 4) is 0 Å². The number of carboxylic acids is 1. The molecule has 1 heterocycles. The van der Waals surface area contributed by atoms with E-state index in [2.05, 4.69) is 29.2 Å². The second kappa shape index (κ2) is 8.77. The normalized spacial score (nSPS) is 12.6. The van der Waals surface area contributed by atoms with Crippen LogP contribution in [0.25, 0.3) is 0 Å². The fourth-order valence-electron chi connectivity index (χ4n) is 2.39. The summed E-state index contributed by atoms with van der Waals surface area (Å²) in [5.41, 5.74) is 0. The Kier molecular flexibility index (Phi) is 7.34. The van der Waals surface area contributed by atoms with Crippen molar-refractivity contribution in [2.75, 3.05) is 0 Å². The molecule has 0 fully saturated rings. The van der Waals surface area contributed by atoms with E-state index in [4.69, 9.17) is 5.11 Å². The zero-order chi connectivity index (χ0) is 15.0. The zero-order valence-corrected chi connectivity index (χ0v) is 13.1. The Morgan fingerprint density at radius 3 is 2.60 bits per heavy atom. The van der Waals surface area contributed by atoms with E-state index in [-0.39, 0.29) is 5.92 Å².